The number of hydrogen-bond donors (Lipinski definition) is 2. The Bertz CT molecular complexity index is 330. The van der Waals surface area contributed by atoms with Gasteiger partial charge in [0.1, 0.15) is 0 Å². The Labute approximate surface area is 105 Å². The van der Waals surface area contributed by atoms with E-state index in [1.807, 2.05) is 18.2 Å². The first kappa shape index (κ1) is 13.3. The van der Waals surface area contributed by atoms with Crippen LogP contribution in [0.25, 0.3) is 0 Å². The van der Waals surface area contributed by atoms with Gasteiger partial charge in [-0.15, -0.1) is 24.2 Å². The molecule has 2 N–H and O–H groups in total. The van der Waals surface area contributed by atoms with Gasteiger partial charge >= 0.3 is 0 Å². The number of hydrogen-bond acceptors (Lipinski definition) is 4. The van der Waals surface area contributed by atoms with Crippen LogP contribution < -0.4 is 10.6 Å². The number of rotatable bonds is 3. The summed E-state index contributed by atoms with van der Waals surface area (Å²) in [5.41, 5.74) is 0.886. The van der Waals surface area contributed by atoms with Crippen LogP contribution in [0.1, 0.15) is 5.69 Å². The first-order valence-electron chi connectivity index (χ1n) is 4.85. The maximum Gasteiger partial charge on any atom is 0.238 e. The fourth-order valence-electron chi connectivity index (χ4n) is 1.37. The molecule has 0 saturated carbocycles. The second-order valence-corrected chi connectivity index (χ2v) is 4.34. The van der Waals surface area contributed by atoms with Crippen molar-refractivity contribution in [1.29, 1.82) is 0 Å². The van der Waals surface area contributed by atoms with Gasteiger partial charge < -0.3 is 5.32 Å². The molecule has 0 aliphatic carbocycles. The normalized spacial score (nSPS) is 18.9. The molecule has 2 heterocycles. The molecule has 0 bridgehead atoms. The highest BCUT2D eigenvalue weighted by Crippen LogP contribution is 2.09. The molecule has 1 fully saturated rings. The van der Waals surface area contributed by atoms with Gasteiger partial charge in [-0.2, -0.15) is 0 Å². The number of amides is 1. The minimum absolute atomic E-state index is 0. The maximum absolute atomic E-state index is 11.6. The van der Waals surface area contributed by atoms with Crippen molar-refractivity contribution < 1.29 is 4.79 Å². The van der Waals surface area contributed by atoms with E-state index in [0.717, 1.165) is 17.3 Å². The molecule has 1 aliphatic heterocycles. The molecule has 0 radical (unpaired) electrons. The molecule has 4 nitrogen and oxygen atoms in total. The van der Waals surface area contributed by atoms with Crippen molar-refractivity contribution in [3.05, 3.63) is 30.1 Å². The number of halogens is 1. The third-order valence-electron chi connectivity index (χ3n) is 2.20. The lowest BCUT2D eigenvalue weighted by Crippen LogP contribution is -2.41. The van der Waals surface area contributed by atoms with Crippen LogP contribution in [-0.2, 0) is 11.3 Å². The third kappa shape index (κ3) is 3.66. The highest BCUT2D eigenvalue weighted by atomic mass is 35.5. The van der Waals surface area contributed by atoms with E-state index in [9.17, 15) is 4.79 Å². The molecule has 1 saturated heterocycles. The fourth-order valence-corrected chi connectivity index (χ4v) is 2.31. The highest BCUT2D eigenvalue weighted by molar-refractivity contribution is 7.99. The van der Waals surface area contributed by atoms with Gasteiger partial charge in [0.05, 0.1) is 18.3 Å². The second kappa shape index (κ2) is 6.73. The summed E-state index contributed by atoms with van der Waals surface area (Å²) in [4.78, 5) is 15.7. The summed E-state index contributed by atoms with van der Waals surface area (Å²) < 4.78 is 0. The molecule has 0 aromatic carbocycles. The minimum Gasteiger partial charge on any atom is -0.349 e. The summed E-state index contributed by atoms with van der Waals surface area (Å²) in [7, 11) is 0. The van der Waals surface area contributed by atoms with Gasteiger partial charge in [0, 0.05) is 17.8 Å². The minimum atomic E-state index is -0.0429. The average Bonchev–Trinajstić information content (AvgIpc) is 2.81. The van der Waals surface area contributed by atoms with Crippen molar-refractivity contribution in [3.63, 3.8) is 0 Å². The molecular formula is C10H14ClN3OS. The Hall–Kier alpha value is -0.780. The SMILES string of the molecule is Cl.O=C(NCc1ccccn1)C1CSCN1. The maximum atomic E-state index is 11.6. The number of nitrogens with zero attached hydrogens (tertiary/aromatic N) is 1. The Morgan fingerprint density at radius 1 is 1.62 bits per heavy atom. The van der Waals surface area contributed by atoms with Crippen LogP contribution in [0.15, 0.2) is 24.4 Å². The van der Waals surface area contributed by atoms with E-state index in [1.54, 1.807) is 18.0 Å². The Morgan fingerprint density at radius 2 is 2.50 bits per heavy atom. The van der Waals surface area contributed by atoms with E-state index >= 15 is 0 Å². The van der Waals surface area contributed by atoms with Crippen molar-refractivity contribution in [2.24, 2.45) is 0 Å². The molecule has 2 rings (SSSR count). The number of carbonyl (C=O) groups excluding carboxylic acids is 1. The standard InChI is InChI=1S/C10H13N3OS.ClH/c14-10(9-6-15-7-13-9)12-5-8-3-1-2-4-11-8;/h1-4,9,13H,5-7H2,(H,12,14);1H. The second-order valence-electron chi connectivity index (χ2n) is 3.31. The molecule has 1 atom stereocenters. The predicted molar refractivity (Wildman–Crippen MR) is 67.6 cm³/mol. The molecule has 16 heavy (non-hydrogen) atoms. The first-order chi connectivity index (χ1) is 7.36. The van der Waals surface area contributed by atoms with Crippen molar-refractivity contribution in [2.75, 3.05) is 11.6 Å². The molecular weight excluding hydrogens is 246 g/mol. The largest absolute Gasteiger partial charge is 0.349 e. The van der Waals surface area contributed by atoms with E-state index < -0.39 is 0 Å². The Balaban J connectivity index is 0.00000128. The van der Waals surface area contributed by atoms with Crippen LogP contribution in [0.2, 0.25) is 0 Å². The van der Waals surface area contributed by atoms with Gasteiger partial charge in [0.25, 0.3) is 0 Å². The van der Waals surface area contributed by atoms with E-state index in [4.69, 9.17) is 0 Å². The lowest BCUT2D eigenvalue weighted by Gasteiger charge is -2.09. The lowest BCUT2D eigenvalue weighted by atomic mass is 10.3. The number of nitrogens with one attached hydrogen (secondary N) is 2. The Kier molecular flexibility index (Phi) is 5.59. The topological polar surface area (TPSA) is 54.0 Å². The van der Waals surface area contributed by atoms with Gasteiger partial charge in [0.15, 0.2) is 0 Å². The van der Waals surface area contributed by atoms with Gasteiger partial charge in [-0.3, -0.25) is 15.1 Å². The van der Waals surface area contributed by atoms with Gasteiger partial charge in [-0.25, -0.2) is 0 Å². The lowest BCUT2D eigenvalue weighted by molar-refractivity contribution is -0.122. The van der Waals surface area contributed by atoms with Crippen LogP contribution >= 0.6 is 24.2 Å². The van der Waals surface area contributed by atoms with Crippen molar-refractivity contribution in [2.45, 2.75) is 12.6 Å². The van der Waals surface area contributed by atoms with Crippen LogP contribution in [0.4, 0.5) is 0 Å². The molecule has 1 aliphatic rings. The predicted octanol–water partition coefficient (Wildman–Crippen LogP) is 0.782. The summed E-state index contributed by atoms with van der Waals surface area (Å²) >= 11 is 1.74. The number of pyridine rings is 1. The van der Waals surface area contributed by atoms with Crippen LogP contribution in [0.3, 0.4) is 0 Å². The van der Waals surface area contributed by atoms with Crippen molar-refractivity contribution in [1.82, 2.24) is 15.6 Å². The zero-order valence-electron chi connectivity index (χ0n) is 8.68. The molecule has 1 amide bonds. The number of thioether (sulfide) groups is 1. The fraction of sp³-hybridized carbons (Fsp3) is 0.400. The monoisotopic (exact) mass is 259 g/mol. The quantitative estimate of drug-likeness (QED) is 0.843. The molecule has 1 aromatic rings. The van der Waals surface area contributed by atoms with E-state index in [0.29, 0.717) is 6.54 Å². The van der Waals surface area contributed by atoms with Crippen molar-refractivity contribution in [3.8, 4) is 0 Å². The first-order valence-corrected chi connectivity index (χ1v) is 6.00. The molecule has 88 valence electrons. The molecule has 0 spiro atoms. The third-order valence-corrected chi connectivity index (χ3v) is 3.14. The number of carbonyl (C=O) groups is 1. The molecule has 6 heteroatoms. The van der Waals surface area contributed by atoms with Crippen LogP contribution in [0.5, 0.6) is 0 Å². The smallest absolute Gasteiger partial charge is 0.238 e. The summed E-state index contributed by atoms with van der Waals surface area (Å²) in [5, 5.41) is 5.99. The highest BCUT2D eigenvalue weighted by Gasteiger charge is 2.21. The summed E-state index contributed by atoms with van der Waals surface area (Å²) in [6.45, 7) is 0.502. The molecule has 1 unspecified atom stereocenters. The zero-order chi connectivity index (χ0) is 10.5. The summed E-state index contributed by atoms with van der Waals surface area (Å²) in [5.74, 6) is 1.78. The van der Waals surface area contributed by atoms with Crippen LogP contribution in [0, 0.1) is 0 Å². The van der Waals surface area contributed by atoms with Gasteiger partial charge in [0.2, 0.25) is 5.91 Å². The number of aromatic nitrogens is 1. The van der Waals surface area contributed by atoms with Gasteiger partial charge in [-0.1, -0.05) is 6.07 Å². The Morgan fingerprint density at radius 3 is 3.12 bits per heavy atom. The van der Waals surface area contributed by atoms with E-state index in [-0.39, 0.29) is 24.4 Å². The summed E-state index contributed by atoms with van der Waals surface area (Å²) in [6, 6.07) is 5.63. The summed E-state index contributed by atoms with van der Waals surface area (Å²) in [6.07, 6.45) is 1.73. The van der Waals surface area contributed by atoms with Gasteiger partial charge in [-0.05, 0) is 12.1 Å². The average molecular weight is 260 g/mol. The molecule has 1 aromatic heterocycles. The van der Waals surface area contributed by atoms with E-state index in [1.165, 1.54) is 0 Å². The zero-order valence-corrected chi connectivity index (χ0v) is 10.3. The van der Waals surface area contributed by atoms with Crippen LogP contribution in [-0.4, -0.2) is 28.6 Å². The van der Waals surface area contributed by atoms with Crippen molar-refractivity contribution >= 4 is 30.1 Å². The van der Waals surface area contributed by atoms with E-state index in [2.05, 4.69) is 15.6 Å².